The molecule has 5 nitrogen and oxygen atoms in total. The van der Waals surface area contributed by atoms with Crippen LogP contribution in [-0.2, 0) is 9.53 Å². The first-order valence-corrected chi connectivity index (χ1v) is 6.18. The van der Waals surface area contributed by atoms with Crippen LogP contribution in [0, 0.1) is 0 Å². The monoisotopic (exact) mass is 249 g/mol. The Balaban J connectivity index is 2.12. The van der Waals surface area contributed by atoms with E-state index in [9.17, 15) is 4.79 Å². The van der Waals surface area contributed by atoms with E-state index in [1.807, 2.05) is 17.0 Å². The molecule has 1 fully saturated rings. The van der Waals surface area contributed by atoms with Crippen LogP contribution < -0.4 is 5.73 Å². The van der Waals surface area contributed by atoms with Gasteiger partial charge in [0.05, 0.1) is 6.04 Å². The number of amides is 1. The molecule has 0 radical (unpaired) electrons. The number of nitrogens with two attached hydrogens (primary N) is 1. The van der Waals surface area contributed by atoms with Gasteiger partial charge in [-0.2, -0.15) is 0 Å². The Kier molecular flexibility index (Phi) is 4.28. The maximum Gasteiger partial charge on any atom is 0.224 e. The Morgan fingerprint density at radius 2 is 2.22 bits per heavy atom. The van der Waals surface area contributed by atoms with Crippen molar-refractivity contribution in [3.63, 3.8) is 0 Å². The lowest BCUT2D eigenvalue weighted by molar-refractivity contribution is -0.129. The first-order valence-electron chi connectivity index (χ1n) is 6.18. The van der Waals surface area contributed by atoms with E-state index in [2.05, 4.69) is 4.98 Å². The van der Waals surface area contributed by atoms with Crippen molar-refractivity contribution in [2.75, 3.05) is 20.3 Å². The van der Waals surface area contributed by atoms with Crippen LogP contribution in [0.5, 0.6) is 0 Å². The van der Waals surface area contributed by atoms with Gasteiger partial charge in [-0.1, -0.05) is 0 Å². The van der Waals surface area contributed by atoms with Gasteiger partial charge in [0.15, 0.2) is 0 Å². The van der Waals surface area contributed by atoms with Gasteiger partial charge in [0.1, 0.15) is 0 Å². The lowest BCUT2D eigenvalue weighted by Gasteiger charge is -2.27. The Morgan fingerprint density at radius 1 is 1.50 bits per heavy atom. The molecule has 2 unspecified atom stereocenters. The lowest BCUT2D eigenvalue weighted by Crippen LogP contribution is -2.34. The molecule has 1 aromatic rings. The summed E-state index contributed by atoms with van der Waals surface area (Å²) in [5, 5.41) is 0. The summed E-state index contributed by atoms with van der Waals surface area (Å²) in [7, 11) is 1.66. The number of ether oxygens (including phenoxy) is 1. The number of methoxy groups -OCH3 is 1. The number of nitrogens with zero attached hydrogens (tertiary/aromatic N) is 2. The van der Waals surface area contributed by atoms with E-state index in [0.717, 1.165) is 12.0 Å². The van der Waals surface area contributed by atoms with Crippen LogP contribution in [0.4, 0.5) is 0 Å². The van der Waals surface area contributed by atoms with Gasteiger partial charge in [0, 0.05) is 45.1 Å². The molecular weight excluding hydrogens is 230 g/mol. The van der Waals surface area contributed by atoms with E-state index in [4.69, 9.17) is 10.5 Å². The number of hydrogen-bond acceptors (Lipinski definition) is 4. The van der Waals surface area contributed by atoms with Crippen LogP contribution >= 0.6 is 0 Å². The van der Waals surface area contributed by atoms with Crippen molar-refractivity contribution in [2.24, 2.45) is 5.73 Å². The Bertz CT molecular complexity index is 396. The van der Waals surface area contributed by atoms with Gasteiger partial charge in [-0.05, 0) is 24.1 Å². The molecule has 98 valence electrons. The fourth-order valence-electron chi connectivity index (χ4n) is 2.45. The summed E-state index contributed by atoms with van der Waals surface area (Å²) in [5.74, 6) is 0.125. The average Bonchev–Trinajstić information content (AvgIpc) is 2.66. The molecule has 18 heavy (non-hydrogen) atoms. The van der Waals surface area contributed by atoms with Crippen LogP contribution in [0.2, 0.25) is 0 Å². The van der Waals surface area contributed by atoms with Crippen LogP contribution in [0.25, 0.3) is 0 Å². The Hall–Kier alpha value is -1.46. The molecule has 2 N–H and O–H groups in total. The molecule has 2 atom stereocenters. The molecule has 2 heterocycles. The number of carbonyl (C=O) groups is 1. The van der Waals surface area contributed by atoms with Crippen LogP contribution in [0.15, 0.2) is 24.5 Å². The molecule has 0 aliphatic carbocycles. The van der Waals surface area contributed by atoms with Crippen molar-refractivity contribution in [2.45, 2.75) is 24.9 Å². The van der Waals surface area contributed by atoms with Crippen molar-refractivity contribution >= 4 is 5.91 Å². The first-order chi connectivity index (χ1) is 8.74. The van der Waals surface area contributed by atoms with Gasteiger partial charge in [0.2, 0.25) is 5.91 Å². The lowest BCUT2D eigenvalue weighted by atomic mass is 10.0. The molecule has 0 aromatic carbocycles. The predicted molar refractivity (Wildman–Crippen MR) is 67.8 cm³/mol. The molecule has 1 aromatic heterocycles. The van der Waals surface area contributed by atoms with E-state index in [1.54, 1.807) is 19.5 Å². The fraction of sp³-hybridized carbons (Fsp3) is 0.538. The van der Waals surface area contributed by atoms with Gasteiger partial charge in [-0.15, -0.1) is 0 Å². The summed E-state index contributed by atoms with van der Waals surface area (Å²) in [4.78, 5) is 17.8. The Labute approximate surface area is 107 Å². The number of likely N-dealkylation sites (tertiary alicyclic amines) is 1. The number of hydrogen-bond donors (Lipinski definition) is 1. The summed E-state index contributed by atoms with van der Waals surface area (Å²) >= 11 is 0. The van der Waals surface area contributed by atoms with E-state index in [1.165, 1.54) is 0 Å². The zero-order chi connectivity index (χ0) is 13.0. The summed E-state index contributed by atoms with van der Waals surface area (Å²) in [6, 6.07) is 3.68. The van der Waals surface area contributed by atoms with Gasteiger partial charge < -0.3 is 15.4 Å². The number of carbonyl (C=O) groups excluding carboxylic acids is 1. The maximum atomic E-state index is 12.0. The zero-order valence-corrected chi connectivity index (χ0v) is 10.6. The molecule has 1 aliphatic rings. The standard InChI is InChI=1S/C13H19N3O2/c1-18-8-2-7-16-12(17)9-11(14)13(16)10-3-5-15-6-4-10/h3-6,11,13H,2,7-9,14H2,1H3. The van der Waals surface area contributed by atoms with Crippen LogP contribution in [0.3, 0.4) is 0 Å². The maximum absolute atomic E-state index is 12.0. The van der Waals surface area contributed by atoms with E-state index in [0.29, 0.717) is 19.6 Å². The average molecular weight is 249 g/mol. The second-order valence-corrected chi connectivity index (χ2v) is 4.53. The topological polar surface area (TPSA) is 68.5 Å². The van der Waals surface area contributed by atoms with Gasteiger partial charge >= 0.3 is 0 Å². The molecule has 5 heteroatoms. The third-order valence-electron chi connectivity index (χ3n) is 3.27. The minimum Gasteiger partial charge on any atom is -0.385 e. The molecule has 0 spiro atoms. The molecule has 1 saturated heterocycles. The highest BCUT2D eigenvalue weighted by Gasteiger charge is 2.37. The summed E-state index contributed by atoms with van der Waals surface area (Å²) in [6.07, 6.45) is 4.72. The fourth-order valence-corrected chi connectivity index (χ4v) is 2.45. The van der Waals surface area contributed by atoms with Crippen LogP contribution in [-0.4, -0.2) is 42.1 Å². The first kappa shape index (κ1) is 13.0. The SMILES string of the molecule is COCCCN1C(=O)CC(N)C1c1ccncc1. The molecular formula is C13H19N3O2. The highest BCUT2D eigenvalue weighted by Crippen LogP contribution is 2.31. The second kappa shape index (κ2) is 5.93. The van der Waals surface area contributed by atoms with Crippen molar-refractivity contribution < 1.29 is 9.53 Å². The number of pyridine rings is 1. The largest absolute Gasteiger partial charge is 0.385 e. The van der Waals surface area contributed by atoms with Crippen molar-refractivity contribution in [1.29, 1.82) is 0 Å². The summed E-state index contributed by atoms with van der Waals surface area (Å²) in [6.45, 7) is 1.34. The summed E-state index contributed by atoms with van der Waals surface area (Å²) < 4.78 is 5.03. The zero-order valence-electron chi connectivity index (χ0n) is 10.6. The van der Waals surface area contributed by atoms with Gasteiger partial charge in [-0.25, -0.2) is 0 Å². The second-order valence-electron chi connectivity index (χ2n) is 4.53. The van der Waals surface area contributed by atoms with Crippen molar-refractivity contribution in [3.8, 4) is 0 Å². The van der Waals surface area contributed by atoms with Crippen molar-refractivity contribution in [1.82, 2.24) is 9.88 Å². The number of aromatic nitrogens is 1. The molecule has 1 aliphatic heterocycles. The third-order valence-corrected chi connectivity index (χ3v) is 3.27. The molecule has 0 saturated carbocycles. The predicted octanol–water partition coefficient (Wildman–Crippen LogP) is 0.719. The van der Waals surface area contributed by atoms with E-state index >= 15 is 0 Å². The molecule has 1 amide bonds. The third kappa shape index (κ3) is 2.68. The Morgan fingerprint density at radius 3 is 2.89 bits per heavy atom. The van der Waals surface area contributed by atoms with Crippen LogP contribution in [0.1, 0.15) is 24.4 Å². The highest BCUT2D eigenvalue weighted by atomic mass is 16.5. The van der Waals surface area contributed by atoms with Crippen molar-refractivity contribution in [3.05, 3.63) is 30.1 Å². The minimum atomic E-state index is -0.137. The smallest absolute Gasteiger partial charge is 0.224 e. The number of rotatable bonds is 5. The van der Waals surface area contributed by atoms with Gasteiger partial charge in [-0.3, -0.25) is 9.78 Å². The molecule has 2 rings (SSSR count). The van der Waals surface area contributed by atoms with E-state index in [-0.39, 0.29) is 18.0 Å². The molecule has 0 bridgehead atoms. The summed E-state index contributed by atoms with van der Waals surface area (Å²) in [5.41, 5.74) is 7.14. The minimum absolute atomic E-state index is 0.0302. The highest BCUT2D eigenvalue weighted by molar-refractivity contribution is 5.80. The normalized spacial score (nSPS) is 23.7. The van der Waals surface area contributed by atoms with Gasteiger partial charge in [0.25, 0.3) is 0 Å². The van der Waals surface area contributed by atoms with E-state index < -0.39 is 0 Å². The quantitative estimate of drug-likeness (QED) is 0.781.